The predicted octanol–water partition coefficient (Wildman–Crippen LogP) is 4.04. The molecule has 0 saturated heterocycles. The topological polar surface area (TPSA) is 91.2 Å². The SMILES string of the molecule is [C-]#[N+]c1ccc2c(c1)/C(=C/c1[nH]c(C)c(C(=O)NCCc3ccccn3)c1C)C(=O)N2. The lowest BCUT2D eigenvalue weighted by Crippen LogP contribution is -2.26. The van der Waals surface area contributed by atoms with E-state index in [9.17, 15) is 9.59 Å². The number of aryl methyl sites for hydroxylation is 1. The molecule has 1 aliphatic rings. The number of amides is 2. The number of rotatable bonds is 5. The van der Waals surface area contributed by atoms with E-state index in [1.165, 1.54) is 0 Å². The summed E-state index contributed by atoms with van der Waals surface area (Å²) in [5.74, 6) is -0.399. The van der Waals surface area contributed by atoms with E-state index in [1.54, 1.807) is 30.5 Å². The fraction of sp³-hybridized carbons (Fsp3) is 0.167. The molecule has 2 amide bonds. The van der Waals surface area contributed by atoms with Gasteiger partial charge in [-0.15, -0.1) is 0 Å². The number of nitrogens with one attached hydrogen (secondary N) is 3. The molecular weight excluding hydrogens is 390 g/mol. The van der Waals surface area contributed by atoms with Crippen molar-refractivity contribution in [1.29, 1.82) is 0 Å². The molecule has 0 aliphatic carbocycles. The van der Waals surface area contributed by atoms with Crippen LogP contribution in [0.4, 0.5) is 11.4 Å². The highest BCUT2D eigenvalue weighted by Crippen LogP contribution is 2.36. The molecule has 1 aromatic carbocycles. The van der Waals surface area contributed by atoms with Gasteiger partial charge in [-0.2, -0.15) is 0 Å². The third-order valence-electron chi connectivity index (χ3n) is 5.30. The summed E-state index contributed by atoms with van der Waals surface area (Å²) in [4.78, 5) is 36.2. The van der Waals surface area contributed by atoms with Gasteiger partial charge in [0.05, 0.1) is 12.1 Å². The van der Waals surface area contributed by atoms with Crippen LogP contribution in [-0.2, 0) is 11.2 Å². The number of hydrogen-bond donors (Lipinski definition) is 3. The van der Waals surface area contributed by atoms with Crippen molar-refractivity contribution in [1.82, 2.24) is 15.3 Å². The standard InChI is InChI=1S/C24H21N5O2/c1-14-21(13-19-18-12-17(25-3)7-8-20(18)29-23(19)30)28-15(2)22(14)24(31)27-11-9-16-6-4-5-10-26-16/h4-8,10,12-13,28H,9,11H2,1-2H3,(H,27,31)(H,29,30)/b19-13-. The normalized spacial score (nSPS) is 13.6. The maximum atomic E-state index is 12.8. The van der Waals surface area contributed by atoms with Crippen molar-refractivity contribution in [2.24, 2.45) is 0 Å². The number of pyridine rings is 1. The van der Waals surface area contributed by atoms with E-state index in [0.29, 0.717) is 46.7 Å². The van der Waals surface area contributed by atoms with E-state index in [0.717, 1.165) is 17.0 Å². The summed E-state index contributed by atoms with van der Waals surface area (Å²) in [6.45, 7) is 11.4. The predicted molar refractivity (Wildman–Crippen MR) is 120 cm³/mol. The van der Waals surface area contributed by atoms with Crippen LogP contribution in [0.2, 0.25) is 0 Å². The molecule has 7 heteroatoms. The molecule has 0 radical (unpaired) electrons. The smallest absolute Gasteiger partial charge is 0.256 e. The molecule has 2 aromatic heterocycles. The van der Waals surface area contributed by atoms with Gasteiger partial charge in [0.1, 0.15) is 0 Å². The number of carbonyl (C=O) groups is 2. The second-order valence-corrected chi connectivity index (χ2v) is 7.34. The number of benzene rings is 1. The molecule has 4 rings (SSSR count). The van der Waals surface area contributed by atoms with Gasteiger partial charge in [-0.1, -0.05) is 12.1 Å². The van der Waals surface area contributed by atoms with Crippen molar-refractivity contribution >= 4 is 34.8 Å². The van der Waals surface area contributed by atoms with Crippen molar-refractivity contribution in [2.75, 3.05) is 11.9 Å². The number of aromatic nitrogens is 2. The van der Waals surface area contributed by atoms with Crippen LogP contribution in [0.3, 0.4) is 0 Å². The van der Waals surface area contributed by atoms with Crippen molar-refractivity contribution < 1.29 is 9.59 Å². The van der Waals surface area contributed by atoms with Crippen LogP contribution in [0.1, 0.15) is 38.6 Å². The Kier molecular flexibility index (Phi) is 5.37. The Balaban J connectivity index is 1.57. The molecule has 0 fully saturated rings. The molecule has 0 unspecified atom stereocenters. The Labute approximate surface area is 180 Å². The molecule has 1 aliphatic heterocycles. The van der Waals surface area contributed by atoms with E-state index < -0.39 is 0 Å². The van der Waals surface area contributed by atoms with E-state index in [-0.39, 0.29) is 11.8 Å². The lowest BCUT2D eigenvalue weighted by atomic mass is 10.0. The van der Waals surface area contributed by atoms with Gasteiger partial charge in [0.25, 0.3) is 11.8 Å². The second kappa shape index (κ2) is 8.28. The summed E-state index contributed by atoms with van der Waals surface area (Å²) >= 11 is 0. The van der Waals surface area contributed by atoms with Gasteiger partial charge in [-0.3, -0.25) is 14.6 Å². The van der Waals surface area contributed by atoms with E-state index in [2.05, 4.69) is 25.4 Å². The van der Waals surface area contributed by atoms with Gasteiger partial charge < -0.3 is 15.6 Å². The summed E-state index contributed by atoms with van der Waals surface area (Å²) in [5.41, 5.74) is 5.97. The molecule has 0 saturated carbocycles. The molecule has 0 bridgehead atoms. The number of anilines is 1. The van der Waals surface area contributed by atoms with Crippen LogP contribution in [0.15, 0.2) is 42.6 Å². The summed E-state index contributed by atoms with van der Waals surface area (Å²) in [7, 11) is 0. The minimum Gasteiger partial charge on any atom is -0.358 e. The van der Waals surface area contributed by atoms with Gasteiger partial charge in [-0.05, 0) is 49.8 Å². The van der Waals surface area contributed by atoms with Gasteiger partial charge in [0.15, 0.2) is 5.69 Å². The monoisotopic (exact) mass is 411 g/mol. The van der Waals surface area contributed by atoms with Crippen molar-refractivity contribution in [2.45, 2.75) is 20.3 Å². The summed E-state index contributed by atoms with van der Waals surface area (Å²) < 4.78 is 0. The Hall–Kier alpha value is -4.18. The lowest BCUT2D eigenvalue weighted by molar-refractivity contribution is -0.110. The maximum absolute atomic E-state index is 12.8. The van der Waals surface area contributed by atoms with Gasteiger partial charge in [0.2, 0.25) is 0 Å². The first-order valence-corrected chi connectivity index (χ1v) is 9.90. The number of aromatic amines is 1. The van der Waals surface area contributed by atoms with Crippen molar-refractivity contribution in [3.63, 3.8) is 0 Å². The highest BCUT2D eigenvalue weighted by Gasteiger charge is 2.25. The lowest BCUT2D eigenvalue weighted by Gasteiger charge is -2.06. The molecule has 154 valence electrons. The van der Waals surface area contributed by atoms with Crippen LogP contribution in [0.5, 0.6) is 0 Å². The number of carbonyl (C=O) groups excluding carboxylic acids is 2. The molecule has 3 aromatic rings. The van der Waals surface area contributed by atoms with Crippen molar-refractivity contribution in [3.05, 3.63) is 87.8 Å². The minimum atomic E-state index is -0.231. The zero-order valence-electron chi connectivity index (χ0n) is 17.2. The first-order chi connectivity index (χ1) is 15.0. The molecular formula is C24H21N5O2. The molecule has 7 nitrogen and oxygen atoms in total. The summed E-state index contributed by atoms with van der Waals surface area (Å²) in [6.07, 6.45) is 4.12. The average molecular weight is 411 g/mol. The van der Waals surface area contributed by atoms with Crippen LogP contribution in [0, 0.1) is 20.4 Å². The number of nitrogens with zero attached hydrogens (tertiary/aromatic N) is 2. The third-order valence-corrected chi connectivity index (χ3v) is 5.30. The highest BCUT2D eigenvalue weighted by molar-refractivity contribution is 6.35. The quantitative estimate of drug-likeness (QED) is 0.437. The largest absolute Gasteiger partial charge is 0.358 e. The van der Waals surface area contributed by atoms with Crippen LogP contribution < -0.4 is 10.6 Å². The molecule has 0 spiro atoms. The zero-order chi connectivity index (χ0) is 22.0. The molecule has 3 N–H and O–H groups in total. The van der Waals surface area contributed by atoms with Crippen LogP contribution in [0.25, 0.3) is 16.5 Å². The Morgan fingerprint density at radius 2 is 2.10 bits per heavy atom. The first-order valence-electron chi connectivity index (χ1n) is 9.90. The first kappa shape index (κ1) is 20.1. The van der Waals surface area contributed by atoms with Gasteiger partial charge in [-0.25, -0.2) is 4.85 Å². The fourth-order valence-electron chi connectivity index (χ4n) is 3.73. The highest BCUT2D eigenvalue weighted by atomic mass is 16.2. The van der Waals surface area contributed by atoms with E-state index in [4.69, 9.17) is 6.57 Å². The van der Waals surface area contributed by atoms with Gasteiger partial charge >= 0.3 is 0 Å². The third kappa shape index (κ3) is 3.96. The Morgan fingerprint density at radius 3 is 2.84 bits per heavy atom. The Morgan fingerprint density at radius 1 is 1.26 bits per heavy atom. The number of H-pyrrole nitrogens is 1. The molecule has 0 atom stereocenters. The van der Waals surface area contributed by atoms with Gasteiger partial charge in [0, 0.05) is 53.1 Å². The summed E-state index contributed by atoms with van der Waals surface area (Å²) in [5, 5.41) is 5.76. The zero-order valence-corrected chi connectivity index (χ0v) is 17.2. The molecule has 31 heavy (non-hydrogen) atoms. The van der Waals surface area contributed by atoms with Crippen molar-refractivity contribution in [3.8, 4) is 0 Å². The second-order valence-electron chi connectivity index (χ2n) is 7.34. The number of fused-ring (bicyclic) bond motifs is 1. The van der Waals surface area contributed by atoms with E-state index >= 15 is 0 Å². The van der Waals surface area contributed by atoms with Crippen LogP contribution >= 0.6 is 0 Å². The number of hydrogen-bond acceptors (Lipinski definition) is 3. The van der Waals surface area contributed by atoms with E-state index in [1.807, 2.05) is 32.0 Å². The maximum Gasteiger partial charge on any atom is 0.256 e. The summed E-state index contributed by atoms with van der Waals surface area (Å²) in [6, 6.07) is 10.8. The fourth-order valence-corrected chi connectivity index (χ4v) is 3.73. The minimum absolute atomic E-state index is 0.168. The Bertz CT molecular complexity index is 1250. The average Bonchev–Trinajstić information content (AvgIpc) is 3.23. The molecule has 3 heterocycles. The van der Waals surface area contributed by atoms with Crippen LogP contribution in [-0.4, -0.2) is 28.3 Å².